The molecule has 180 valence electrons. The van der Waals surface area contributed by atoms with Crippen molar-refractivity contribution in [2.75, 3.05) is 20.2 Å². The van der Waals surface area contributed by atoms with Crippen LogP contribution in [0.3, 0.4) is 0 Å². The van der Waals surface area contributed by atoms with Crippen LogP contribution in [0.25, 0.3) is 10.2 Å². The second-order valence-electron chi connectivity index (χ2n) is 8.19. The highest BCUT2D eigenvalue weighted by Crippen LogP contribution is 2.24. The van der Waals surface area contributed by atoms with E-state index in [2.05, 4.69) is 11.9 Å². The van der Waals surface area contributed by atoms with Gasteiger partial charge in [-0.2, -0.15) is 9.30 Å². The van der Waals surface area contributed by atoms with Crippen LogP contribution in [0.5, 0.6) is 0 Å². The largest absolute Gasteiger partial charge is 0.468 e. The standard InChI is InChI=1S/C23H24FN3O5S2/c1-15-9-11-26(12-10-15)34(30,31)18-6-3-16(4-7-18)22(29)25-23-27(14-21(28)32-2)19-8-5-17(24)13-20(19)33-23/h3-8,13,15H,9-12,14H2,1-2H3. The number of ether oxygens (including phenoxy) is 1. The molecular formula is C23H24FN3O5S2. The molecule has 0 bridgehead atoms. The van der Waals surface area contributed by atoms with E-state index in [0.29, 0.717) is 29.2 Å². The van der Waals surface area contributed by atoms with Crippen molar-refractivity contribution < 1.29 is 27.1 Å². The molecule has 0 saturated carbocycles. The molecule has 0 N–H and O–H groups in total. The number of hydrogen-bond donors (Lipinski definition) is 0. The Kier molecular flexibility index (Phi) is 6.96. The summed E-state index contributed by atoms with van der Waals surface area (Å²) in [5, 5.41) is 0. The molecule has 8 nitrogen and oxygen atoms in total. The predicted octanol–water partition coefficient (Wildman–Crippen LogP) is 3.18. The summed E-state index contributed by atoms with van der Waals surface area (Å²) in [6.07, 6.45) is 1.64. The van der Waals surface area contributed by atoms with Crippen LogP contribution in [0.15, 0.2) is 52.4 Å². The fraction of sp³-hybridized carbons (Fsp3) is 0.348. The van der Waals surface area contributed by atoms with Gasteiger partial charge in [0.05, 0.1) is 22.2 Å². The van der Waals surface area contributed by atoms with Crippen LogP contribution in [0, 0.1) is 11.7 Å². The molecule has 1 fully saturated rings. The number of nitrogens with zero attached hydrogens (tertiary/aromatic N) is 3. The third kappa shape index (κ3) is 4.96. The molecule has 0 unspecified atom stereocenters. The van der Waals surface area contributed by atoms with Crippen LogP contribution in [0.2, 0.25) is 0 Å². The zero-order chi connectivity index (χ0) is 24.5. The van der Waals surface area contributed by atoms with Crippen molar-refractivity contribution in [1.82, 2.24) is 8.87 Å². The number of amides is 1. The highest BCUT2D eigenvalue weighted by molar-refractivity contribution is 7.89. The number of benzene rings is 2. The Bertz CT molecular complexity index is 1400. The molecule has 1 amide bonds. The van der Waals surface area contributed by atoms with Gasteiger partial charge in [0.25, 0.3) is 5.91 Å². The smallest absolute Gasteiger partial charge is 0.325 e. The van der Waals surface area contributed by atoms with E-state index in [-0.39, 0.29) is 21.8 Å². The number of carbonyl (C=O) groups is 2. The predicted molar refractivity (Wildman–Crippen MR) is 125 cm³/mol. The van der Waals surface area contributed by atoms with Crippen molar-refractivity contribution in [2.24, 2.45) is 10.9 Å². The number of hydrogen-bond acceptors (Lipinski definition) is 6. The Morgan fingerprint density at radius 3 is 2.47 bits per heavy atom. The van der Waals surface area contributed by atoms with Crippen LogP contribution in [0.4, 0.5) is 4.39 Å². The van der Waals surface area contributed by atoms with Crippen LogP contribution in [-0.4, -0.2) is 49.4 Å². The zero-order valence-corrected chi connectivity index (χ0v) is 20.4. The maximum atomic E-state index is 13.7. The third-order valence-corrected chi connectivity index (χ3v) is 8.79. The third-order valence-electron chi connectivity index (χ3n) is 5.84. The number of esters is 1. The SMILES string of the molecule is COC(=O)Cn1c(=NC(=O)c2ccc(S(=O)(=O)N3CCC(C)CC3)cc2)sc2cc(F)ccc21. The second-order valence-corrected chi connectivity index (χ2v) is 11.1. The van der Waals surface area contributed by atoms with Gasteiger partial charge >= 0.3 is 5.97 Å². The highest BCUT2D eigenvalue weighted by Gasteiger charge is 2.28. The molecule has 1 aromatic heterocycles. The van der Waals surface area contributed by atoms with Crippen molar-refractivity contribution in [2.45, 2.75) is 31.2 Å². The lowest BCUT2D eigenvalue weighted by molar-refractivity contribution is -0.141. The first kappa shape index (κ1) is 24.2. The van der Waals surface area contributed by atoms with E-state index < -0.39 is 27.7 Å². The Morgan fingerprint density at radius 1 is 1.15 bits per heavy atom. The summed E-state index contributed by atoms with van der Waals surface area (Å²) in [7, 11) is -2.38. The average molecular weight is 506 g/mol. The average Bonchev–Trinajstić information content (AvgIpc) is 3.14. The van der Waals surface area contributed by atoms with Gasteiger partial charge in [0.15, 0.2) is 4.80 Å². The molecule has 0 radical (unpaired) electrons. The van der Waals surface area contributed by atoms with Gasteiger partial charge in [-0.3, -0.25) is 9.59 Å². The van der Waals surface area contributed by atoms with E-state index in [0.717, 1.165) is 24.2 Å². The Hall–Kier alpha value is -2.89. The van der Waals surface area contributed by atoms with Gasteiger partial charge in [0.2, 0.25) is 10.0 Å². The molecule has 1 aliphatic rings. The zero-order valence-electron chi connectivity index (χ0n) is 18.7. The number of rotatable bonds is 5. The maximum absolute atomic E-state index is 13.7. The molecule has 2 heterocycles. The number of methoxy groups -OCH3 is 1. The molecule has 4 rings (SSSR count). The van der Waals surface area contributed by atoms with E-state index in [9.17, 15) is 22.4 Å². The topological polar surface area (TPSA) is 98.0 Å². The summed E-state index contributed by atoms with van der Waals surface area (Å²) in [4.78, 5) is 29.2. The molecule has 11 heteroatoms. The molecular weight excluding hydrogens is 481 g/mol. The van der Waals surface area contributed by atoms with Gasteiger partial charge in [0.1, 0.15) is 12.4 Å². The summed E-state index contributed by atoms with van der Waals surface area (Å²) in [6.45, 7) is 2.87. The van der Waals surface area contributed by atoms with Gasteiger partial charge in [-0.15, -0.1) is 0 Å². The molecule has 1 saturated heterocycles. The summed E-state index contributed by atoms with van der Waals surface area (Å²) in [5.41, 5.74) is 0.736. The van der Waals surface area contributed by atoms with Crippen LogP contribution in [0.1, 0.15) is 30.1 Å². The van der Waals surface area contributed by atoms with Gasteiger partial charge in [-0.25, -0.2) is 12.8 Å². The number of aromatic nitrogens is 1. The minimum atomic E-state index is -3.63. The molecule has 2 aromatic carbocycles. The Balaban J connectivity index is 1.64. The van der Waals surface area contributed by atoms with Gasteiger partial charge in [-0.1, -0.05) is 18.3 Å². The lowest BCUT2D eigenvalue weighted by Gasteiger charge is -2.29. The van der Waals surface area contributed by atoms with Crippen LogP contribution < -0.4 is 4.80 Å². The molecule has 0 spiro atoms. The summed E-state index contributed by atoms with van der Waals surface area (Å²) in [6, 6.07) is 9.72. The fourth-order valence-corrected chi connectivity index (χ4v) is 6.30. The minimum Gasteiger partial charge on any atom is -0.468 e. The quantitative estimate of drug-likeness (QED) is 0.496. The van der Waals surface area contributed by atoms with Crippen LogP contribution >= 0.6 is 11.3 Å². The van der Waals surface area contributed by atoms with E-state index in [1.807, 2.05) is 0 Å². The van der Waals surface area contributed by atoms with Crippen molar-refractivity contribution >= 4 is 43.5 Å². The van der Waals surface area contributed by atoms with Gasteiger partial charge in [0, 0.05) is 18.7 Å². The van der Waals surface area contributed by atoms with E-state index >= 15 is 0 Å². The first-order valence-corrected chi connectivity index (χ1v) is 13.0. The van der Waals surface area contributed by atoms with Crippen LogP contribution in [-0.2, 0) is 26.1 Å². The van der Waals surface area contributed by atoms with Crippen molar-refractivity contribution in [3.8, 4) is 0 Å². The first-order chi connectivity index (χ1) is 16.2. The number of thiazole rings is 1. The Labute approximate surface area is 200 Å². The second kappa shape index (κ2) is 9.77. The molecule has 34 heavy (non-hydrogen) atoms. The van der Waals surface area contributed by atoms with E-state index in [1.54, 1.807) is 0 Å². The number of halogens is 1. The first-order valence-electron chi connectivity index (χ1n) is 10.7. The number of sulfonamides is 1. The van der Waals surface area contributed by atoms with Crippen molar-refractivity contribution in [3.63, 3.8) is 0 Å². The lowest BCUT2D eigenvalue weighted by atomic mass is 10.0. The number of fused-ring (bicyclic) bond motifs is 1. The molecule has 3 aromatic rings. The van der Waals surface area contributed by atoms with E-state index in [1.165, 1.54) is 58.4 Å². The minimum absolute atomic E-state index is 0.122. The van der Waals surface area contributed by atoms with Crippen molar-refractivity contribution in [1.29, 1.82) is 0 Å². The fourth-order valence-electron chi connectivity index (χ4n) is 3.77. The van der Waals surface area contributed by atoms with Gasteiger partial charge < -0.3 is 9.30 Å². The van der Waals surface area contributed by atoms with Crippen molar-refractivity contribution in [3.05, 3.63) is 58.6 Å². The summed E-state index contributed by atoms with van der Waals surface area (Å²) >= 11 is 1.06. The van der Waals surface area contributed by atoms with E-state index in [4.69, 9.17) is 4.74 Å². The number of piperidine rings is 1. The monoisotopic (exact) mass is 505 g/mol. The molecule has 0 aliphatic carbocycles. The molecule has 0 atom stereocenters. The Morgan fingerprint density at radius 2 is 1.82 bits per heavy atom. The number of carbonyl (C=O) groups excluding carboxylic acids is 2. The molecule has 1 aliphatic heterocycles. The maximum Gasteiger partial charge on any atom is 0.325 e. The van der Waals surface area contributed by atoms with Gasteiger partial charge in [-0.05, 0) is 61.2 Å². The summed E-state index contributed by atoms with van der Waals surface area (Å²) in [5.74, 6) is -1.10. The normalized spacial score (nSPS) is 16.1. The summed E-state index contributed by atoms with van der Waals surface area (Å²) < 4.78 is 47.7. The lowest BCUT2D eigenvalue weighted by Crippen LogP contribution is -2.37. The highest BCUT2D eigenvalue weighted by atomic mass is 32.2.